The SMILES string of the molecule is C=CC=C(C)[CH]=[W]. The van der Waals surface area contributed by atoms with E-state index in [9.17, 15) is 0 Å². The van der Waals surface area contributed by atoms with Crippen molar-refractivity contribution in [3.8, 4) is 0 Å². The zero-order valence-corrected chi connectivity index (χ0v) is 7.28. The van der Waals surface area contributed by atoms with Crippen molar-refractivity contribution in [2.75, 3.05) is 0 Å². The molecular weight excluding hydrogens is 256 g/mol. The van der Waals surface area contributed by atoms with E-state index in [1.165, 1.54) is 24.9 Å². The number of hydrogen-bond donors (Lipinski definition) is 0. The minimum absolute atomic E-state index is 1.30. The van der Waals surface area contributed by atoms with Gasteiger partial charge in [-0.3, -0.25) is 0 Å². The summed E-state index contributed by atoms with van der Waals surface area (Å²) in [5, 5.41) is 0. The van der Waals surface area contributed by atoms with Crippen molar-refractivity contribution >= 4 is 4.40 Å². The number of allylic oxidation sites excluding steroid dienone is 3. The number of hydrogen-bond acceptors (Lipinski definition) is 0. The van der Waals surface area contributed by atoms with Gasteiger partial charge in [0.25, 0.3) is 0 Å². The summed E-state index contributed by atoms with van der Waals surface area (Å²) in [5.74, 6) is 0. The first-order valence-electron chi connectivity index (χ1n) is 2.05. The molecule has 0 fully saturated rings. The van der Waals surface area contributed by atoms with Crippen molar-refractivity contribution < 1.29 is 19.4 Å². The van der Waals surface area contributed by atoms with E-state index < -0.39 is 0 Å². The van der Waals surface area contributed by atoms with Gasteiger partial charge in [-0.25, -0.2) is 0 Å². The summed E-state index contributed by atoms with van der Waals surface area (Å²) in [4.78, 5) is 0. The molecule has 0 saturated heterocycles. The molecule has 0 saturated carbocycles. The molecule has 0 aromatic carbocycles. The van der Waals surface area contributed by atoms with Crippen molar-refractivity contribution in [3.05, 3.63) is 24.3 Å². The molecule has 1 heteroatoms. The standard InChI is InChI=1S/C6H8.W/c1-4-5-6(2)3;/h2,4-5H,1H2,3H3;. The zero-order valence-electron chi connectivity index (χ0n) is 4.35. The van der Waals surface area contributed by atoms with Crippen LogP contribution in [-0.2, 0) is 19.4 Å². The first kappa shape index (κ1) is 7.04. The van der Waals surface area contributed by atoms with E-state index in [1.807, 2.05) is 6.08 Å². The predicted octanol–water partition coefficient (Wildman–Crippen LogP) is 1.47. The molecule has 0 radical (unpaired) electrons. The van der Waals surface area contributed by atoms with Crippen LogP contribution in [0, 0.1) is 0 Å². The average molecular weight is 264 g/mol. The summed E-state index contributed by atoms with van der Waals surface area (Å²) >= 11 is 1.49. The van der Waals surface area contributed by atoms with Crippen LogP contribution in [0.5, 0.6) is 0 Å². The molecule has 0 aliphatic carbocycles. The van der Waals surface area contributed by atoms with Gasteiger partial charge in [0, 0.05) is 0 Å². The molecule has 7 heavy (non-hydrogen) atoms. The van der Waals surface area contributed by atoms with E-state index in [2.05, 4.69) is 17.9 Å². The Hall–Kier alpha value is 0.0383. The summed E-state index contributed by atoms with van der Waals surface area (Å²) in [7, 11) is 0. The van der Waals surface area contributed by atoms with Crippen molar-refractivity contribution in [3.63, 3.8) is 0 Å². The van der Waals surface area contributed by atoms with E-state index >= 15 is 0 Å². The Labute approximate surface area is 55.3 Å². The minimum atomic E-state index is 1.30. The summed E-state index contributed by atoms with van der Waals surface area (Å²) < 4.78 is 2.13. The van der Waals surface area contributed by atoms with E-state index in [1.54, 1.807) is 6.08 Å². The first-order chi connectivity index (χ1) is 3.31. The van der Waals surface area contributed by atoms with Crippen LogP contribution in [0.2, 0.25) is 0 Å². The summed E-state index contributed by atoms with van der Waals surface area (Å²) in [6.45, 7) is 5.63. The second kappa shape index (κ2) is 4.20. The van der Waals surface area contributed by atoms with Crippen molar-refractivity contribution in [2.45, 2.75) is 6.92 Å². The Balaban J connectivity index is 3.72. The third kappa shape index (κ3) is 3.88. The van der Waals surface area contributed by atoms with Crippen LogP contribution in [0.4, 0.5) is 0 Å². The summed E-state index contributed by atoms with van der Waals surface area (Å²) in [5.41, 5.74) is 1.30. The zero-order chi connectivity index (χ0) is 5.70. The first-order valence-corrected chi connectivity index (χ1v) is 3.75. The van der Waals surface area contributed by atoms with Crippen LogP contribution in [0.25, 0.3) is 0 Å². The molecule has 38 valence electrons. The third-order valence-electron chi connectivity index (χ3n) is 0.567. The molecule has 0 atom stereocenters. The fourth-order valence-corrected chi connectivity index (χ4v) is 0.507. The van der Waals surface area contributed by atoms with Crippen LogP contribution in [0.3, 0.4) is 0 Å². The predicted molar refractivity (Wildman–Crippen MR) is 30.0 cm³/mol. The molecule has 0 aliphatic rings. The Morgan fingerprint density at radius 2 is 2.29 bits per heavy atom. The van der Waals surface area contributed by atoms with Gasteiger partial charge in [0.15, 0.2) is 0 Å². The Bertz CT molecular complexity index is 101. The molecule has 0 aromatic rings. The third-order valence-corrected chi connectivity index (χ3v) is 1.90. The maximum atomic E-state index is 3.56. The normalized spacial score (nSPS) is 10.7. The molecule has 0 N–H and O–H groups in total. The van der Waals surface area contributed by atoms with Gasteiger partial charge in [0.2, 0.25) is 0 Å². The van der Waals surface area contributed by atoms with E-state index in [0.717, 1.165) is 0 Å². The van der Waals surface area contributed by atoms with Crippen molar-refractivity contribution in [2.24, 2.45) is 0 Å². The van der Waals surface area contributed by atoms with Crippen LogP contribution in [0.15, 0.2) is 24.3 Å². The van der Waals surface area contributed by atoms with E-state index in [0.29, 0.717) is 0 Å². The fraction of sp³-hybridized carbons (Fsp3) is 0.167. The topological polar surface area (TPSA) is 0 Å². The van der Waals surface area contributed by atoms with Crippen molar-refractivity contribution in [1.29, 1.82) is 0 Å². The van der Waals surface area contributed by atoms with E-state index in [4.69, 9.17) is 0 Å². The van der Waals surface area contributed by atoms with Gasteiger partial charge in [0.1, 0.15) is 0 Å². The molecule has 0 bridgehead atoms. The van der Waals surface area contributed by atoms with Gasteiger partial charge in [0.05, 0.1) is 0 Å². The molecule has 0 rings (SSSR count). The van der Waals surface area contributed by atoms with Crippen LogP contribution >= 0.6 is 0 Å². The molecule has 0 unspecified atom stereocenters. The van der Waals surface area contributed by atoms with Gasteiger partial charge >= 0.3 is 55.0 Å². The van der Waals surface area contributed by atoms with Gasteiger partial charge in [-0.15, -0.1) is 0 Å². The summed E-state index contributed by atoms with van der Waals surface area (Å²) in [6, 6.07) is 0. The molecule has 0 spiro atoms. The quantitative estimate of drug-likeness (QED) is 0.662. The summed E-state index contributed by atoms with van der Waals surface area (Å²) in [6.07, 6.45) is 3.79. The van der Waals surface area contributed by atoms with Crippen LogP contribution in [-0.4, -0.2) is 4.40 Å². The van der Waals surface area contributed by atoms with Gasteiger partial charge < -0.3 is 0 Å². The average Bonchev–Trinajstić information content (AvgIpc) is 1.68. The Morgan fingerprint density at radius 3 is 2.43 bits per heavy atom. The van der Waals surface area contributed by atoms with E-state index in [-0.39, 0.29) is 0 Å². The monoisotopic (exact) mass is 264 g/mol. The molecular formula is C6H8W. The van der Waals surface area contributed by atoms with Gasteiger partial charge in [-0.2, -0.15) is 0 Å². The van der Waals surface area contributed by atoms with Gasteiger partial charge in [-0.05, 0) is 0 Å². The maximum absolute atomic E-state index is 3.56. The molecule has 0 amide bonds. The molecule has 0 aliphatic heterocycles. The second-order valence-corrected chi connectivity index (χ2v) is 2.11. The van der Waals surface area contributed by atoms with Crippen LogP contribution in [0.1, 0.15) is 6.92 Å². The fourth-order valence-electron chi connectivity index (χ4n) is 0.225. The number of rotatable bonds is 2. The Morgan fingerprint density at radius 1 is 1.71 bits per heavy atom. The van der Waals surface area contributed by atoms with Crippen molar-refractivity contribution in [1.82, 2.24) is 0 Å². The Kier molecular flexibility index (Phi) is 4.23. The molecule has 0 nitrogen and oxygen atoms in total. The molecule has 0 heterocycles. The molecule has 0 aromatic heterocycles. The van der Waals surface area contributed by atoms with Gasteiger partial charge in [-0.1, -0.05) is 0 Å². The van der Waals surface area contributed by atoms with Crippen LogP contribution < -0.4 is 0 Å². The second-order valence-electron chi connectivity index (χ2n) is 1.26.